The number of carbonyl (C=O) groups is 1. The van der Waals surface area contributed by atoms with Gasteiger partial charge in [-0.05, 0) is 42.9 Å². The number of fused-ring (bicyclic) bond motifs is 1. The zero-order chi connectivity index (χ0) is 22.8. The van der Waals surface area contributed by atoms with Gasteiger partial charge in [-0.2, -0.15) is 0 Å². The first-order valence-electron chi connectivity index (χ1n) is 11.6. The number of hydrogen-bond acceptors (Lipinski definition) is 3. The van der Waals surface area contributed by atoms with Crippen molar-refractivity contribution in [2.75, 3.05) is 7.11 Å². The molecule has 0 bridgehead atoms. The van der Waals surface area contributed by atoms with Gasteiger partial charge >= 0.3 is 5.97 Å². The van der Waals surface area contributed by atoms with Gasteiger partial charge in [0.2, 0.25) is 0 Å². The van der Waals surface area contributed by atoms with Crippen molar-refractivity contribution < 1.29 is 14.6 Å². The molecule has 3 unspecified atom stereocenters. The van der Waals surface area contributed by atoms with Crippen LogP contribution in [0.2, 0.25) is 0 Å². The predicted octanol–water partition coefficient (Wildman–Crippen LogP) is 5.62. The molecule has 0 spiro atoms. The number of aromatic carboxylic acids is 1. The van der Waals surface area contributed by atoms with Crippen LogP contribution in [-0.4, -0.2) is 28.8 Å². The van der Waals surface area contributed by atoms with Crippen molar-refractivity contribution in [1.82, 2.24) is 9.88 Å². The molecule has 2 N–H and O–H groups in total. The zero-order valence-electron chi connectivity index (χ0n) is 19.5. The normalized spacial score (nSPS) is 21.1. The first kappa shape index (κ1) is 22.4. The second kappa shape index (κ2) is 9.37. The molecule has 5 nitrogen and oxygen atoms in total. The molecule has 1 aromatic heterocycles. The number of carboxylic acid groups (broad SMARTS) is 1. The Morgan fingerprint density at radius 2 is 1.91 bits per heavy atom. The van der Waals surface area contributed by atoms with E-state index in [2.05, 4.69) is 50.4 Å². The first-order valence-corrected chi connectivity index (χ1v) is 11.6. The van der Waals surface area contributed by atoms with E-state index >= 15 is 0 Å². The van der Waals surface area contributed by atoms with Gasteiger partial charge in [-0.15, -0.1) is 0 Å². The van der Waals surface area contributed by atoms with E-state index in [1.54, 1.807) is 7.11 Å². The Morgan fingerprint density at radius 1 is 1.16 bits per heavy atom. The van der Waals surface area contributed by atoms with Crippen molar-refractivity contribution in [2.24, 2.45) is 11.8 Å². The second-order valence-electron chi connectivity index (χ2n) is 9.34. The Bertz CT molecular complexity index is 1100. The van der Waals surface area contributed by atoms with E-state index in [9.17, 15) is 9.90 Å². The van der Waals surface area contributed by atoms with Crippen LogP contribution in [0.1, 0.15) is 60.3 Å². The maximum Gasteiger partial charge on any atom is 0.352 e. The molecule has 5 heteroatoms. The Kier molecular flexibility index (Phi) is 6.56. The van der Waals surface area contributed by atoms with E-state index in [1.165, 1.54) is 18.4 Å². The van der Waals surface area contributed by atoms with Gasteiger partial charge in [0.05, 0.1) is 12.6 Å². The van der Waals surface area contributed by atoms with E-state index < -0.39 is 5.97 Å². The smallest absolute Gasteiger partial charge is 0.352 e. The summed E-state index contributed by atoms with van der Waals surface area (Å²) in [6.07, 6.45) is 3.64. The van der Waals surface area contributed by atoms with E-state index in [0.717, 1.165) is 34.2 Å². The number of hydrogen-bond donors (Lipinski definition) is 2. The number of rotatable bonds is 7. The summed E-state index contributed by atoms with van der Waals surface area (Å²) in [5, 5.41) is 14.9. The number of ether oxygens (including phenoxy) is 1. The standard InChI is InChI=1S/C27H34N2O3/c1-17-8-10-20(11-9-17)16-29-25-14-21(32-4)12-13-22(25)23(26(29)27(30)31)15-28-24-7-5-6-18(2)19(24)3/h8-14,18-19,24,28H,5-7,15-16H2,1-4H3,(H,30,31). The molecule has 170 valence electrons. The summed E-state index contributed by atoms with van der Waals surface area (Å²) < 4.78 is 7.38. The summed E-state index contributed by atoms with van der Waals surface area (Å²) in [5.41, 5.74) is 4.37. The number of carboxylic acids is 1. The van der Waals surface area contributed by atoms with Crippen molar-refractivity contribution in [1.29, 1.82) is 0 Å². The molecule has 1 fully saturated rings. The summed E-state index contributed by atoms with van der Waals surface area (Å²) in [5.74, 6) is 1.10. The summed E-state index contributed by atoms with van der Waals surface area (Å²) in [6.45, 7) is 7.74. The minimum atomic E-state index is -0.894. The highest BCUT2D eigenvalue weighted by Crippen LogP contribution is 2.33. The molecule has 3 atom stereocenters. The van der Waals surface area contributed by atoms with Crippen LogP contribution in [-0.2, 0) is 13.1 Å². The SMILES string of the molecule is COc1ccc2c(CNC3CCCC(C)C3C)c(C(=O)O)n(Cc3ccc(C)cc3)c2c1. The average Bonchev–Trinajstić information content (AvgIpc) is 3.09. The monoisotopic (exact) mass is 434 g/mol. The average molecular weight is 435 g/mol. The van der Waals surface area contributed by atoms with Crippen LogP contribution >= 0.6 is 0 Å². The van der Waals surface area contributed by atoms with Crippen LogP contribution in [0.5, 0.6) is 5.75 Å². The topological polar surface area (TPSA) is 63.5 Å². The molecule has 4 rings (SSSR count). The molecule has 1 saturated carbocycles. The molecule has 3 aromatic rings. The van der Waals surface area contributed by atoms with Gasteiger partial charge in [0.1, 0.15) is 11.4 Å². The van der Waals surface area contributed by atoms with Crippen LogP contribution in [0.15, 0.2) is 42.5 Å². The van der Waals surface area contributed by atoms with Gasteiger partial charge in [-0.25, -0.2) is 4.79 Å². The Labute approximate surface area is 190 Å². The van der Waals surface area contributed by atoms with Crippen LogP contribution in [0.3, 0.4) is 0 Å². The Balaban J connectivity index is 1.76. The third-order valence-corrected chi connectivity index (χ3v) is 7.29. The Morgan fingerprint density at radius 3 is 2.59 bits per heavy atom. The number of methoxy groups -OCH3 is 1. The maximum absolute atomic E-state index is 12.5. The summed E-state index contributed by atoms with van der Waals surface area (Å²) in [6, 6.07) is 14.5. The number of benzene rings is 2. The molecule has 1 aliphatic rings. The largest absolute Gasteiger partial charge is 0.497 e. The lowest BCUT2D eigenvalue weighted by molar-refractivity contribution is 0.0684. The third-order valence-electron chi connectivity index (χ3n) is 7.29. The van der Waals surface area contributed by atoms with E-state index in [1.807, 2.05) is 22.8 Å². The molecule has 2 aromatic carbocycles. The zero-order valence-corrected chi connectivity index (χ0v) is 19.5. The molecular weight excluding hydrogens is 400 g/mol. The lowest BCUT2D eigenvalue weighted by Gasteiger charge is -2.34. The summed E-state index contributed by atoms with van der Waals surface area (Å²) in [4.78, 5) is 12.5. The van der Waals surface area contributed by atoms with Gasteiger partial charge in [-0.3, -0.25) is 0 Å². The van der Waals surface area contributed by atoms with Gasteiger partial charge in [0.15, 0.2) is 0 Å². The van der Waals surface area contributed by atoms with E-state index in [4.69, 9.17) is 4.74 Å². The number of aryl methyl sites for hydroxylation is 1. The Hall–Kier alpha value is -2.79. The molecule has 0 amide bonds. The highest BCUT2D eigenvalue weighted by atomic mass is 16.5. The van der Waals surface area contributed by atoms with Gasteiger partial charge in [-0.1, -0.05) is 56.5 Å². The highest BCUT2D eigenvalue weighted by molar-refractivity contribution is 5.98. The van der Waals surface area contributed by atoms with E-state index in [0.29, 0.717) is 36.7 Å². The predicted molar refractivity (Wildman–Crippen MR) is 129 cm³/mol. The molecule has 0 aliphatic heterocycles. The second-order valence-corrected chi connectivity index (χ2v) is 9.34. The molecule has 0 radical (unpaired) electrons. The number of nitrogens with zero attached hydrogens (tertiary/aromatic N) is 1. The van der Waals surface area contributed by atoms with Crippen LogP contribution in [0.25, 0.3) is 10.9 Å². The van der Waals surface area contributed by atoms with Gasteiger partial charge in [0, 0.05) is 36.1 Å². The fourth-order valence-electron chi connectivity index (χ4n) is 5.09. The minimum Gasteiger partial charge on any atom is -0.497 e. The summed E-state index contributed by atoms with van der Waals surface area (Å²) in [7, 11) is 1.64. The van der Waals surface area contributed by atoms with Crippen molar-refractivity contribution in [3.63, 3.8) is 0 Å². The number of nitrogens with one attached hydrogen (secondary N) is 1. The molecule has 0 saturated heterocycles. The highest BCUT2D eigenvalue weighted by Gasteiger charge is 2.28. The fraction of sp³-hybridized carbons (Fsp3) is 0.444. The lowest BCUT2D eigenvalue weighted by Crippen LogP contribution is -2.40. The third kappa shape index (κ3) is 4.40. The van der Waals surface area contributed by atoms with Crippen molar-refractivity contribution in [3.05, 3.63) is 64.8 Å². The molecule has 1 heterocycles. The maximum atomic E-state index is 12.5. The quantitative estimate of drug-likeness (QED) is 0.507. The minimum absolute atomic E-state index is 0.359. The van der Waals surface area contributed by atoms with Crippen molar-refractivity contribution in [3.8, 4) is 5.75 Å². The number of aromatic nitrogens is 1. The van der Waals surface area contributed by atoms with Crippen LogP contribution in [0, 0.1) is 18.8 Å². The van der Waals surface area contributed by atoms with Crippen molar-refractivity contribution in [2.45, 2.75) is 59.2 Å². The van der Waals surface area contributed by atoms with Crippen LogP contribution in [0.4, 0.5) is 0 Å². The van der Waals surface area contributed by atoms with Crippen LogP contribution < -0.4 is 10.1 Å². The van der Waals surface area contributed by atoms with E-state index in [-0.39, 0.29) is 0 Å². The molecular formula is C27H34N2O3. The first-order chi connectivity index (χ1) is 15.4. The molecule has 1 aliphatic carbocycles. The summed E-state index contributed by atoms with van der Waals surface area (Å²) >= 11 is 0. The van der Waals surface area contributed by atoms with Gasteiger partial charge < -0.3 is 19.7 Å². The van der Waals surface area contributed by atoms with Gasteiger partial charge in [0.25, 0.3) is 0 Å². The fourth-order valence-corrected chi connectivity index (χ4v) is 5.09. The lowest BCUT2D eigenvalue weighted by atomic mass is 9.78. The molecule has 32 heavy (non-hydrogen) atoms. The van der Waals surface area contributed by atoms with Crippen molar-refractivity contribution >= 4 is 16.9 Å².